The molecule has 0 aliphatic rings. The third kappa shape index (κ3) is 3.75. The van der Waals surface area contributed by atoms with Crippen molar-refractivity contribution in [2.24, 2.45) is 0 Å². The van der Waals surface area contributed by atoms with E-state index < -0.39 is 17.6 Å². The van der Waals surface area contributed by atoms with Crippen LogP contribution in [-0.4, -0.2) is 26.0 Å². The summed E-state index contributed by atoms with van der Waals surface area (Å²) in [5, 5.41) is 21.3. The normalized spacial score (nSPS) is 12.6. The molecule has 2 N–H and O–H groups in total. The number of nitrogens with zero attached hydrogens (tertiary/aromatic N) is 3. The molecule has 3 aromatic rings. The summed E-state index contributed by atoms with van der Waals surface area (Å²) in [5.41, 5.74) is 1.25. The number of aromatic nitrogens is 3. The van der Waals surface area contributed by atoms with E-state index in [0.717, 1.165) is 5.69 Å². The predicted octanol–water partition coefficient (Wildman–Crippen LogP) is 2.35. The molecule has 0 saturated carbocycles. The summed E-state index contributed by atoms with van der Waals surface area (Å²) < 4.78 is 1.65. The van der Waals surface area contributed by atoms with Gasteiger partial charge in [-0.25, -0.2) is 4.68 Å². The maximum Gasteiger partial charge on any atom is 0.254 e. The van der Waals surface area contributed by atoms with Crippen LogP contribution in [0.15, 0.2) is 66.9 Å². The second-order valence-electron chi connectivity index (χ2n) is 6.31. The van der Waals surface area contributed by atoms with Gasteiger partial charge in [-0.1, -0.05) is 53.7 Å². The van der Waals surface area contributed by atoms with Crippen molar-refractivity contribution in [3.8, 4) is 5.69 Å². The van der Waals surface area contributed by atoms with Crippen molar-refractivity contribution < 1.29 is 9.90 Å². The molecule has 6 nitrogen and oxygen atoms in total. The summed E-state index contributed by atoms with van der Waals surface area (Å²) in [4.78, 5) is 12.4. The highest BCUT2D eigenvalue weighted by Gasteiger charge is 2.29. The van der Waals surface area contributed by atoms with Crippen LogP contribution in [0, 0.1) is 0 Å². The molecule has 3 rings (SSSR count). The Balaban J connectivity index is 1.76. The summed E-state index contributed by atoms with van der Waals surface area (Å²) in [6.45, 7) is 3.64. The number of carbonyl (C=O) groups excluding carboxylic acids is 1. The maximum atomic E-state index is 12.4. The maximum absolute atomic E-state index is 12.4. The Labute approximate surface area is 146 Å². The third-order valence-corrected chi connectivity index (χ3v) is 3.95. The topological polar surface area (TPSA) is 80.0 Å². The first-order chi connectivity index (χ1) is 12.0. The molecule has 6 heteroatoms. The molecule has 0 saturated heterocycles. The molecule has 2 aromatic carbocycles. The minimum atomic E-state index is -1.23. The first-order valence-electron chi connectivity index (χ1n) is 8.01. The van der Waals surface area contributed by atoms with E-state index in [9.17, 15) is 9.90 Å². The Morgan fingerprint density at radius 2 is 1.68 bits per heavy atom. The Morgan fingerprint density at radius 1 is 1.08 bits per heavy atom. The van der Waals surface area contributed by atoms with Crippen molar-refractivity contribution in [1.82, 2.24) is 20.3 Å². The zero-order valence-electron chi connectivity index (χ0n) is 14.1. The summed E-state index contributed by atoms with van der Waals surface area (Å²) in [5.74, 6) is -0.481. The lowest BCUT2D eigenvalue weighted by Crippen LogP contribution is -2.43. The van der Waals surface area contributed by atoms with Crippen LogP contribution in [0.2, 0.25) is 0 Å². The SMILES string of the molecule is CC(C)(NC(=O)C(O)c1ccccc1)c1cn(-c2ccccc2)nn1. The number of aliphatic hydroxyl groups is 1. The van der Waals surface area contributed by atoms with Crippen molar-refractivity contribution in [3.05, 3.63) is 78.1 Å². The van der Waals surface area contributed by atoms with Crippen LogP contribution < -0.4 is 5.32 Å². The molecule has 0 fully saturated rings. The number of hydrogen-bond acceptors (Lipinski definition) is 4. The van der Waals surface area contributed by atoms with E-state index in [-0.39, 0.29) is 0 Å². The number of benzene rings is 2. The van der Waals surface area contributed by atoms with Crippen LogP contribution in [0.1, 0.15) is 31.2 Å². The van der Waals surface area contributed by atoms with Gasteiger partial charge >= 0.3 is 0 Å². The number of amides is 1. The third-order valence-electron chi connectivity index (χ3n) is 3.95. The second-order valence-corrected chi connectivity index (χ2v) is 6.31. The van der Waals surface area contributed by atoms with E-state index in [2.05, 4.69) is 15.6 Å². The molecule has 1 heterocycles. The first-order valence-corrected chi connectivity index (χ1v) is 8.01. The molecule has 1 amide bonds. The summed E-state index contributed by atoms with van der Waals surface area (Å²) in [7, 11) is 0. The number of aliphatic hydroxyl groups excluding tert-OH is 1. The summed E-state index contributed by atoms with van der Waals surface area (Å²) >= 11 is 0. The van der Waals surface area contributed by atoms with Crippen LogP contribution in [-0.2, 0) is 10.3 Å². The fraction of sp³-hybridized carbons (Fsp3) is 0.211. The van der Waals surface area contributed by atoms with Crippen LogP contribution in [0.3, 0.4) is 0 Å². The van der Waals surface area contributed by atoms with Gasteiger partial charge in [-0.15, -0.1) is 5.10 Å². The zero-order valence-corrected chi connectivity index (χ0v) is 14.1. The van der Waals surface area contributed by atoms with Gasteiger partial charge in [0.05, 0.1) is 17.4 Å². The first kappa shape index (κ1) is 16.9. The van der Waals surface area contributed by atoms with Crippen molar-refractivity contribution in [2.45, 2.75) is 25.5 Å². The fourth-order valence-corrected chi connectivity index (χ4v) is 2.48. The van der Waals surface area contributed by atoms with Gasteiger partial charge in [-0.3, -0.25) is 4.79 Å². The molecular formula is C19H20N4O2. The van der Waals surface area contributed by atoms with E-state index in [0.29, 0.717) is 11.3 Å². The van der Waals surface area contributed by atoms with Crippen LogP contribution in [0.5, 0.6) is 0 Å². The Morgan fingerprint density at radius 3 is 2.32 bits per heavy atom. The number of carbonyl (C=O) groups is 1. The van der Waals surface area contributed by atoms with Gasteiger partial charge in [-0.2, -0.15) is 0 Å². The van der Waals surface area contributed by atoms with Gasteiger partial charge < -0.3 is 10.4 Å². The Bertz CT molecular complexity index is 844. The lowest BCUT2D eigenvalue weighted by atomic mass is 10.00. The number of nitrogens with one attached hydrogen (secondary N) is 1. The van der Waals surface area contributed by atoms with Crippen molar-refractivity contribution in [3.63, 3.8) is 0 Å². The van der Waals surface area contributed by atoms with Crippen LogP contribution in [0.4, 0.5) is 0 Å². The van der Waals surface area contributed by atoms with Crippen molar-refractivity contribution >= 4 is 5.91 Å². The van der Waals surface area contributed by atoms with E-state index >= 15 is 0 Å². The van der Waals surface area contributed by atoms with E-state index in [4.69, 9.17) is 0 Å². The van der Waals surface area contributed by atoms with E-state index in [1.165, 1.54) is 0 Å². The van der Waals surface area contributed by atoms with Crippen molar-refractivity contribution in [2.75, 3.05) is 0 Å². The average molecular weight is 336 g/mol. The highest BCUT2D eigenvalue weighted by molar-refractivity contribution is 5.82. The highest BCUT2D eigenvalue weighted by Crippen LogP contribution is 2.21. The second kappa shape index (κ2) is 6.86. The lowest BCUT2D eigenvalue weighted by molar-refractivity contribution is -0.131. The minimum Gasteiger partial charge on any atom is -0.378 e. The molecule has 0 radical (unpaired) electrons. The van der Waals surface area contributed by atoms with E-state index in [1.807, 2.05) is 50.2 Å². The van der Waals surface area contributed by atoms with Gasteiger partial charge in [0.25, 0.3) is 5.91 Å². The van der Waals surface area contributed by atoms with E-state index in [1.54, 1.807) is 35.1 Å². The molecule has 1 unspecified atom stereocenters. The summed E-state index contributed by atoms with van der Waals surface area (Å²) in [6, 6.07) is 18.4. The van der Waals surface area contributed by atoms with Crippen LogP contribution >= 0.6 is 0 Å². The fourth-order valence-electron chi connectivity index (χ4n) is 2.48. The summed E-state index contributed by atoms with van der Waals surface area (Å²) in [6.07, 6.45) is 0.537. The molecule has 0 aliphatic heterocycles. The minimum absolute atomic E-state index is 0.481. The average Bonchev–Trinajstić information content (AvgIpc) is 3.13. The number of para-hydroxylation sites is 1. The monoisotopic (exact) mass is 336 g/mol. The number of hydrogen-bond donors (Lipinski definition) is 2. The molecule has 0 aliphatic carbocycles. The van der Waals surface area contributed by atoms with Gasteiger partial charge in [0.15, 0.2) is 6.10 Å². The Kier molecular flexibility index (Phi) is 4.63. The van der Waals surface area contributed by atoms with Gasteiger partial charge in [0.2, 0.25) is 0 Å². The standard InChI is InChI=1S/C19H20N4O2/c1-19(2,20-18(25)17(24)14-9-5-3-6-10-14)16-13-23(22-21-16)15-11-7-4-8-12-15/h3-13,17,24H,1-2H3,(H,20,25). The largest absolute Gasteiger partial charge is 0.378 e. The molecule has 0 spiro atoms. The molecule has 0 bridgehead atoms. The lowest BCUT2D eigenvalue weighted by Gasteiger charge is -2.25. The van der Waals surface area contributed by atoms with Gasteiger partial charge in [0.1, 0.15) is 5.69 Å². The van der Waals surface area contributed by atoms with Crippen LogP contribution in [0.25, 0.3) is 5.69 Å². The number of rotatable bonds is 5. The van der Waals surface area contributed by atoms with Gasteiger partial charge in [0, 0.05) is 0 Å². The molecule has 1 atom stereocenters. The van der Waals surface area contributed by atoms with Crippen molar-refractivity contribution in [1.29, 1.82) is 0 Å². The highest BCUT2D eigenvalue weighted by atomic mass is 16.3. The molecular weight excluding hydrogens is 316 g/mol. The van der Waals surface area contributed by atoms with Gasteiger partial charge in [-0.05, 0) is 31.5 Å². The molecule has 1 aromatic heterocycles. The molecule has 25 heavy (non-hydrogen) atoms. The smallest absolute Gasteiger partial charge is 0.254 e. The zero-order chi connectivity index (χ0) is 17.9. The predicted molar refractivity (Wildman–Crippen MR) is 93.9 cm³/mol. The molecule has 128 valence electrons. The Hall–Kier alpha value is -2.99. The quantitative estimate of drug-likeness (QED) is 0.749.